The van der Waals surface area contributed by atoms with E-state index in [2.05, 4.69) is 17.2 Å². The normalized spacial score (nSPS) is 15.6. The molecule has 0 saturated heterocycles. The highest BCUT2D eigenvalue weighted by atomic mass is 32.1. The van der Waals surface area contributed by atoms with Gasteiger partial charge in [0.2, 0.25) is 0 Å². The molecule has 1 atom stereocenters. The molecule has 1 unspecified atom stereocenters. The van der Waals surface area contributed by atoms with E-state index in [-0.39, 0.29) is 24.4 Å². The zero-order valence-corrected chi connectivity index (χ0v) is 17.1. The summed E-state index contributed by atoms with van der Waals surface area (Å²) in [7, 11) is 0. The van der Waals surface area contributed by atoms with Crippen LogP contribution in [0.25, 0.3) is 0 Å². The minimum absolute atomic E-state index is 0.0666. The Morgan fingerprint density at radius 3 is 2.75 bits per heavy atom. The van der Waals surface area contributed by atoms with Gasteiger partial charge in [-0.25, -0.2) is 4.98 Å². The van der Waals surface area contributed by atoms with Gasteiger partial charge in [-0.1, -0.05) is 25.5 Å². The molecule has 0 aliphatic heterocycles. The smallest absolute Gasteiger partial charge is 0.309 e. The third-order valence-corrected chi connectivity index (χ3v) is 5.67. The van der Waals surface area contributed by atoms with Crippen molar-refractivity contribution in [3.63, 3.8) is 0 Å². The van der Waals surface area contributed by atoms with Gasteiger partial charge < -0.3 is 9.47 Å². The topological polar surface area (TPSA) is 77.5 Å². The third-order valence-electron chi connectivity index (χ3n) is 4.64. The highest BCUT2D eigenvalue weighted by molar-refractivity contribution is 7.15. The van der Waals surface area contributed by atoms with Crippen molar-refractivity contribution in [2.45, 2.75) is 46.0 Å². The average molecular weight is 403 g/mol. The number of amides is 1. The van der Waals surface area contributed by atoms with E-state index < -0.39 is 0 Å². The van der Waals surface area contributed by atoms with Crippen LogP contribution in [0.2, 0.25) is 0 Å². The molecule has 1 heterocycles. The lowest BCUT2D eigenvalue weighted by atomic mass is 9.91. The van der Waals surface area contributed by atoms with Gasteiger partial charge in [0.1, 0.15) is 5.75 Å². The summed E-state index contributed by atoms with van der Waals surface area (Å²) >= 11 is 1.43. The van der Waals surface area contributed by atoms with E-state index in [9.17, 15) is 9.59 Å². The van der Waals surface area contributed by atoms with Crippen LogP contribution in [0.4, 0.5) is 5.13 Å². The van der Waals surface area contributed by atoms with Gasteiger partial charge in [0, 0.05) is 4.88 Å². The van der Waals surface area contributed by atoms with Crippen molar-refractivity contribution >= 4 is 28.3 Å². The number of carbonyl (C=O) groups is 2. The van der Waals surface area contributed by atoms with Gasteiger partial charge in [0.15, 0.2) is 11.7 Å². The molecule has 0 fully saturated rings. The van der Waals surface area contributed by atoms with E-state index in [1.807, 2.05) is 31.2 Å². The van der Waals surface area contributed by atoms with E-state index in [4.69, 9.17) is 9.47 Å². The van der Waals surface area contributed by atoms with E-state index in [1.54, 1.807) is 0 Å². The summed E-state index contributed by atoms with van der Waals surface area (Å²) in [5.74, 6) is 0.164. The number of ether oxygens (including phenoxy) is 2. The van der Waals surface area contributed by atoms with Crippen LogP contribution in [-0.2, 0) is 33.6 Å². The Labute approximate surface area is 169 Å². The highest BCUT2D eigenvalue weighted by Crippen LogP contribution is 2.32. The van der Waals surface area contributed by atoms with Crippen LogP contribution in [0.3, 0.4) is 0 Å². The minimum Gasteiger partial charge on any atom is -0.484 e. The molecular weight excluding hydrogens is 376 g/mol. The maximum atomic E-state index is 12.2. The molecule has 1 aliphatic rings. The molecule has 2 aromatic rings. The summed E-state index contributed by atoms with van der Waals surface area (Å²) in [6.45, 7) is 4.28. The Morgan fingerprint density at radius 1 is 1.25 bits per heavy atom. The maximum absolute atomic E-state index is 12.2. The summed E-state index contributed by atoms with van der Waals surface area (Å²) in [6, 6.07) is 7.81. The van der Waals surface area contributed by atoms with Gasteiger partial charge in [-0.2, -0.15) is 0 Å². The number of hydrogen-bond donors (Lipinski definition) is 1. The first-order chi connectivity index (χ1) is 13.6. The first-order valence-corrected chi connectivity index (χ1v) is 10.6. The first kappa shape index (κ1) is 20.3. The summed E-state index contributed by atoms with van der Waals surface area (Å²) in [5.41, 5.74) is 2.22. The molecule has 1 amide bonds. The van der Waals surface area contributed by atoms with Crippen LogP contribution in [0.1, 0.15) is 42.8 Å². The number of benzene rings is 1. The van der Waals surface area contributed by atoms with Gasteiger partial charge in [-0.3, -0.25) is 14.9 Å². The van der Waals surface area contributed by atoms with Crippen molar-refractivity contribution in [2.75, 3.05) is 18.5 Å². The molecule has 3 rings (SSSR count). The number of thiazole rings is 1. The average Bonchev–Trinajstić information content (AvgIpc) is 3.09. The Bertz CT molecular complexity index is 816. The summed E-state index contributed by atoms with van der Waals surface area (Å²) in [4.78, 5) is 29.7. The van der Waals surface area contributed by atoms with Gasteiger partial charge in [0.25, 0.3) is 5.91 Å². The lowest BCUT2D eigenvalue weighted by Crippen LogP contribution is -2.24. The van der Waals surface area contributed by atoms with Crippen molar-refractivity contribution in [1.82, 2.24) is 4.98 Å². The maximum Gasteiger partial charge on any atom is 0.309 e. The van der Waals surface area contributed by atoms with Gasteiger partial charge >= 0.3 is 5.97 Å². The number of nitrogens with one attached hydrogen (secondary N) is 1. The van der Waals surface area contributed by atoms with Crippen molar-refractivity contribution in [1.29, 1.82) is 0 Å². The minimum atomic E-state index is -0.245. The molecular formula is C21H26N2O4S. The number of hydrogen-bond acceptors (Lipinski definition) is 6. The van der Waals surface area contributed by atoms with Crippen molar-refractivity contribution in [3.05, 3.63) is 40.4 Å². The zero-order valence-electron chi connectivity index (χ0n) is 16.3. The quantitative estimate of drug-likeness (QED) is 0.680. The Balaban J connectivity index is 1.50. The van der Waals surface area contributed by atoms with E-state index >= 15 is 0 Å². The number of nitrogens with zero attached hydrogens (tertiary/aromatic N) is 1. The molecule has 1 aromatic carbocycles. The van der Waals surface area contributed by atoms with Gasteiger partial charge in [-0.15, -0.1) is 11.3 Å². The number of rotatable bonds is 8. The Kier molecular flexibility index (Phi) is 7.03. The lowest BCUT2D eigenvalue weighted by molar-refractivity contribution is -0.148. The fourth-order valence-electron chi connectivity index (χ4n) is 3.23. The number of aromatic nitrogens is 1. The predicted octanol–water partition coefficient (Wildman–Crippen LogP) is 3.78. The fourth-order valence-corrected chi connectivity index (χ4v) is 4.34. The van der Waals surface area contributed by atoms with Crippen molar-refractivity contribution in [2.24, 2.45) is 5.92 Å². The number of fused-ring (bicyclic) bond motifs is 1. The number of esters is 1. The SMILES string of the molecule is CCCc1ccc(OCC(=O)Nc2nc3c(s2)CC(C(=O)OCC)CC3)cc1. The van der Waals surface area contributed by atoms with Crippen LogP contribution in [0.5, 0.6) is 5.75 Å². The number of aryl methyl sites for hydroxylation is 2. The largest absolute Gasteiger partial charge is 0.484 e. The summed E-state index contributed by atoms with van der Waals surface area (Å²) < 4.78 is 10.7. The molecule has 0 saturated carbocycles. The molecule has 0 radical (unpaired) electrons. The summed E-state index contributed by atoms with van der Waals surface area (Å²) in [5, 5.41) is 3.35. The van der Waals surface area contributed by atoms with Crippen LogP contribution < -0.4 is 10.1 Å². The second kappa shape index (κ2) is 9.68. The number of anilines is 1. The third kappa shape index (κ3) is 5.32. The molecule has 1 aliphatic carbocycles. The standard InChI is InChI=1S/C21H26N2O4S/c1-3-5-14-6-9-16(10-7-14)27-13-19(24)23-21-22-17-11-8-15(12-18(17)28-21)20(25)26-4-2/h6-7,9-10,15H,3-5,8,11-13H2,1-2H3,(H,22,23,24). The summed E-state index contributed by atoms with van der Waals surface area (Å²) in [6.07, 6.45) is 4.22. The lowest BCUT2D eigenvalue weighted by Gasteiger charge is -2.18. The molecule has 6 nitrogen and oxygen atoms in total. The van der Waals surface area contributed by atoms with Crippen LogP contribution in [0.15, 0.2) is 24.3 Å². The van der Waals surface area contributed by atoms with E-state index in [0.717, 1.165) is 36.3 Å². The zero-order chi connectivity index (χ0) is 19.9. The van der Waals surface area contributed by atoms with Crippen LogP contribution >= 0.6 is 11.3 Å². The molecule has 1 N–H and O–H groups in total. The highest BCUT2D eigenvalue weighted by Gasteiger charge is 2.28. The van der Waals surface area contributed by atoms with E-state index in [1.165, 1.54) is 16.9 Å². The predicted molar refractivity (Wildman–Crippen MR) is 109 cm³/mol. The second-order valence-electron chi connectivity index (χ2n) is 6.81. The second-order valence-corrected chi connectivity index (χ2v) is 7.90. The van der Waals surface area contributed by atoms with Gasteiger partial charge in [0.05, 0.1) is 18.2 Å². The fraction of sp³-hybridized carbons (Fsp3) is 0.476. The van der Waals surface area contributed by atoms with Crippen LogP contribution in [0, 0.1) is 5.92 Å². The Hall–Kier alpha value is -2.41. The number of carbonyl (C=O) groups excluding carboxylic acids is 2. The Morgan fingerprint density at radius 2 is 2.04 bits per heavy atom. The van der Waals surface area contributed by atoms with Crippen molar-refractivity contribution in [3.8, 4) is 5.75 Å². The monoisotopic (exact) mass is 402 g/mol. The molecule has 0 spiro atoms. The first-order valence-electron chi connectivity index (χ1n) is 9.75. The molecule has 28 heavy (non-hydrogen) atoms. The van der Waals surface area contributed by atoms with Crippen molar-refractivity contribution < 1.29 is 19.1 Å². The molecule has 150 valence electrons. The van der Waals surface area contributed by atoms with Gasteiger partial charge in [-0.05, 0) is 50.3 Å². The molecule has 0 bridgehead atoms. The molecule has 1 aromatic heterocycles. The molecule has 7 heteroatoms. The van der Waals surface area contributed by atoms with E-state index in [0.29, 0.717) is 23.9 Å². The van der Waals surface area contributed by atoms with Crippen LogP contribution in [-0.4, -0.2) is 30.1 Å².